The summed E-state index contributed by atoms with van der Waals surface area (Å²) in [4.78, 5) is 0. The van der Waals surface area contributed by atoms with Crippen LogP contribution in [0.5, 0.6) is 17.2 Å². The zero-order valence-corrected chi connectivity index (χ0v) is 11.4. The van der Waals surface area contributed by atoms with Gasteiger partial charge < -0.3 is 19.9 Å². The van der Waals surface area contributed by atoms with Gasteiger partial charge in [-0.05, 0) is 36.5 Å². The van der Waals surface area contributed by atoms with Crippen LogP contribution in [0.3, 0.4) is 0 Å². The van der Waals surface area contributed by atoms with Crippen molar-refractivity contribution in [2.75, 3.05) is 13.9 Å². The van der Waals surface area contributed by atoms with Crippen molar-refractivity contribution in [3.05, 3.63) is 17.7 Å². The highest BCUT2D eigenvalue weighted by molar-refractivity contribution is 5.55. The van der Waals surface area contributed by atoms with Crippen molar-refractivity contribution < 1.29 is 14.2 Å². The van der Waals surface area contributed by atoms with Gasteiger partial charge in [-0.3, -0.25) is 0 Å². The zero-order chi connectivity index (χ0) is 13.2. The molecule has 2 aliphatic rings. The van der Waals surface area contributed by atoms with E-state index in [9.17, 15) is 0 Å². The Balaban J connectivity index is 1.87. The summed E-state index contributed by atoms with van der Waals surface area (Å²) in [5, 5.41) is 0. The number of fused-ring (bicyclic) bond motifs is 1. The van der Waals surface area contributed by atoms with Gasteiger partial charge >= 0.3 is 0 Å². The molecule has 1 aromatic carbocycles. The number of benzene rings is 1. The van der Waals surface area contributed by atoms with E-state index < -0.39 is 0 Å². The summed E-state index contributed by atoms with van der Waals surface area (Å²) in [5.74, 6) is 2.73. The molecule has 1 aliphatic carbocycles. The number of methoxy groups -OCH3 is 1. The Hall–Kier alpha value is -1.42. The van der Waals surface area contributed by atoms with Crippen LogP contribution < -0.4 is 19.9 Å². The van der Waals surface area contributed by atoms with Crippen molar-refractivity contribution in [3.8, 4) is 17.2 Å². The minimum atomic E-state index is 0.0590. The SMILES string of the molecule is COc1cc([C@H](N)C2CCCCC2)cc2c1OCO2. The predicted molar refractivity (Wildman–Crippen MR) is 72.6 cm³/mol. The van der Waals surface area contributed by atoms with Crippen molar-refractivity contribution >= 4 is 0 Å². The molecule has 0 bridgehead atoms. The zero-order valence-electron chi connectivity index (χ0n) is 11.4. The Morgan fingerprint density at radius 3 is 2.74 bits per heavy atom. The molecule has 0 radical (unpaired) electrons. The molecule has 1 aliphatic heterocycles. The first kappa shape index (κ1) is 12.6. The first-order valence-electron chi connectivity index (χ1n) is 7.02. The quantitative estimate of drug-likeness (QED) is 0.910. The lowest BCUT2D eigenvalue weighted by molar-refractivity contribution is 0.171. The molecular weight excluding hydrogens is 242 g/mol. The molecule has 19 heavy (non-hydrogen) atoms. The third-order valence-corrected chi connectivity index (χ3v) is 4.22. The van der Waals surface area contributed by atoms with Gasteiger partial charge in [0, 0.05) is 6.04 Å². The topological polar surface area (TPSA) is 53.7 Å². The van der Waals surface area contributed by atoms with Crippen molar-refractivity contribution in [1.82, 2.24) is 0 Å². The Morgan fingerprint density at radius 1 is 1.21 bits per heavy atom. The lowest BCUT2D eigenvalue weighted by atomic mass is 9.81. The van der Waals surface area contributed by atoms with Gasteiger partial charge in [-0.2, -0.15) is 0 Å². The Kier molecular flexibility index (Phi) is 3.51. The van der Waals surface area contributed by atoms with Crippen molar-refractivity contribution in [2.24, 2.45) is 11.7 Å². The molecule has 1 saturated carbocycles. The molecule has 1 heterocycles. The summed E-state index contributed by atoms with van der Waals surface area (Å²) in [5.41, 5.74) is 7.53. The number of ether oxygens (including phenoxy) is 3. The Bertz CT molecular complexity index is 455. The van der Waals surface area contributed by atoms with Crippen LogP contribution in [0.25, 0.3) is 0 Å². The third-order valence-electron chi connectivity index (χ3n) is 4.22. The number of hydrogen-bond acceptors (Lipinski definition) is 4. The van der Waals surface area contributed by atoms with E-state index in [1.54, 1.807) is 7.11 Å². The minimum Gasteiger partial charge on any atom is -0.493 e. The van der Waals surface area contributed by atoms with Gasteiger partial charge in [0.15, 0.2) is 11.5 Å². The van der Waals surface area contributed by atoms with Crippen molar-refractivity contribution in [3.63, 3.8) is 0 Å². The van der Waals surface area contributed by atoms with Crippen LogP contribution in [-0.2, 0) is 0 Å². The van der Waals surface area contributed by atoms with Crippen molar-refractivity contribution in [2.45, 2.75) is 38.1 Å². The van der Waals surface area contributed by atoms with Crippen LogP contribution in [0.1, 0.15) is 43.7 Å². The molecule has 0 amide bonds. The third kappa shape index (κ3) is 2.37. The van der Waals surface area contributed by atoms with Crippen LogP contribution in [-0.4, -0.2) is 13.9 Å². The molecule has 3 rings (SSSR count). The number of hydrogen-bond donors (Lipinski definition) is 1. The normalized spacial score (nSPS) is 20.3. The van der Waals surface area contributed by atoms with E-state index in [-0.39, 0.29) is 12.8 Å². The highest BCUT2D eigenvalue weighted by Crippen LogP contribution is 2.44. The summed E-state index contributed by atoms with van der Waals surface area (Å²) in [6.07, 6.45) is 6.36. The van der Waals surface area contributed by atoms with Crippen LogP contribution >= 0.6 is 0 Å². The van der Waals surface area contributed by atoms with E-state index in [0.29, 0.717) is 11.7 Å². The van der Waals surface area contributed by atoms with E-state index >= 15 is 0 Å². The van der Waals surface area contributed by atoms with E-state index in [1.165, 1.54) is 32.1 Å². The Morgan fingerprint density at radius 2 is 2.00 bits per heavy atom. The van der Waals surface area contributed by atoms with Gasteiger partial charge in [-0.15, -0.1) is 0 Å². The molecule has 4 heteroatoms. The predicted octanol–water partition coefficient (Wildman–Crippen LogP) is 3.00. The summed E-state index contributed by atoms with van der Waals surface area (Å²) >= 11 is 0. The molecule has 2 N–H and O–H groups in total. The summed E-state index contributed by atoms with van der Waals surface area (Å²) in [7, 11) is 1.65. The molecule has 0 unspecified atom stereocenters. The maximum Gasteiger partial charge on any atom is 0.231 e. The van der Waals surface area contributed by atoms with Crippen LogP contribution in [0.2, 0.25) is 0 Å². The molecule has 0 saturated heterocycles. The summed E-state index contributed by atoms with van der Waals surface area (Å²) in [6, 6.07) is 4.06. The second kappa shape index (κ2) is 5.29. The van der Waals surface area contributed by atoms with Gasteiger partial charge in [-0.1, -0.05) is 19.3 Å². The summed E-state index contributed by atoms with van der Waals surface area (Å²) in [6.45, 7) is 0.258. The number of rotatable bonds is 3. The highest BCUT2D eigenvalue weighted by Gasteiger charge is 2.26. The maximum absolute atomic E-state index is 6.44. The fraction of sp³-hybridized carbons (Fsp3) is 0.600. The van der Waals surface area contributed by atoms with Gasteiger partial charge in [0.1, 0.15) is 0 Å². The van der Waals surface area contributed by atoms with E-state index in [2.05, 4.69) is 0 Å². The molecule has 0 aromatic heterocycles. The maximum atomic E-state index is 6.44. The molecule has 0 spiro atoms. The van der Waals surface area contributed by atoms with E-state index in [0.717, 1.165) is 17.1 Å². The van der Waals surface area contributed by atoms with Crippen LogP contribution in [0.15, 0.2) is 12.1 Å². The van der Waals surface area contributed by atoms with Gasteiger partial charge in [0.2, 0.25) is 12.5 Å². The van der Waals surface area contributed by atoms with Gasteiger partial charge in [0.05, 0.1) is 7.11 Å². The van der Waals surface area contributed by atoms with Crippen LogP contribution in [0, 0.1) is 5.92 Å². The molecule has 104 valence electrons. The average Bonchev–Trinajstić information content (AvgIpc) is 2.94. The van der Waals surface area contributed by atoms with Gasteiger partial charge in [0.25, 0.3) is 0 Å². The monoisotopic (exact) mass is 263 g/mol. The number of nitrogens with two attached hydrogens (primary N) is 1. The first-order valence-corrected chi connectivity index (χ1v) is 7.02. The average molecular weight is 263 g/mol. The second-order valence-electron chi connectivity index (χ2n) is 5.38. The lowest BCUT2D eigenvalue weighted by Gasteiger charge is -2.28. The molecule has 1 aromatic rings. The fourth-order valence-corrected chi connectivity index (χ4v) is 3.11. The minimum absolute atomic E-state index is 0.0590. The standard InChI is InChI=1S/C15H21NO3/c1-17-12-7-11(8-13-15(12)19-9-18-13)14(16)10-5-3-2-4-6-10/h7-8,10,14H,2-6,9,16H2,1H3/t14-/m1/s1. The molecular formula is C15H21NO3. The largest absolute Gasteiger partial charge is 0.493 e. The smallest absolute Gasteiger partial charge is 0.231 e. The van der Waals surface area contributed by atoms with E-state index in [1.807, 2.05) is 12.1 Å². The molecule has 1 atom stereocenters. The van der Waals surface area contributed by atoms with Gasteiger partial charge in [-0.25, -0.2) is 0 Å². The van der Waals surface area contributed by atoms with Crippen LogP contribution in [0.4, 0.5) is 0 Å². The summed E-state index contributed by atoms with van der Waals surface area (Å²) < 4.78 is 16.2. The molecule has 4 nitrogen and oxygen atoms in total. The molecule has 1 fully saturated rings. The first-order chi connectivity index (χ1) is 9.29. The van der Waals surface area contributed by atoms with E-state index in [4.69, 9.17) is 19.9 Å². The van der Waals surface area contributed by atoms with Crippen molar-refractivity contribution in [1.29, 1.82) is 0 Å². The lowest BCUT2D eigenvalue weighted by Crippen LogP contribution is -2.23. The second-order valence-corrected chi connectivity index (χ2v) is 5.38. The highest BCUT2D eigenvalue weighted by atomic mass is 16.7. The fourth-order valence-electron chi connectivity index (χ4n) is 3.11. The Labute approximate surface area is 113 Å².